The number of nitrogens with one attached hydrogen (secondary N) is 1. The highest BCUT2D eigenvalue weighted by molar-refractivity contribution is 4.98. The molecule has 0 spiro atoms. The van der Waals surface area contributed by atoms with Gasteiger partial charge in [0.2, 0.25) is 0 Å². The number of hydrogen-bond donors (Lipinski definition) is 1. The largest absolute Gasteiger partial charge is 0.469 e. The van der Waals surface area contributed by atoms with E-state index in [1.807, 2.05) is 12.1 Å². The van der Waals surface area contributed by atoms with Crippen LogP contribution < -0.4 is 5.32 Å². The van der Waals surface area contributed by atoms with Crippen molar-refractivity contribution < 1.29 is 4.42 Å². The van der Waals surface area contributed by atoms with Crippen molar-refractivity contribution in [3.8, 4) is 0 Å². The maximum atomic E-state index is 5.30. The molecule has 0 saturated carbocycles. The van der Waals surface area contributed by atoms with Gasteiger partial charge in [-0.15, -0.1) is 0 Å². The predicted molar refractivity (Wildman–Crippen MR) is 56.3 cm³/mol. The maximum absolute atomic E-state index is 5.30. The van der Waals surface area contributed by atoms with Crippen molar-refractivity contribution in [2.24, 2.45) is 0 Å². The fraction of sp³-hybridized carbons (Fsp3) is 0.636. The van der Waals surface area contributed by atoms with Crippen LogP contribution in [0.5, 0.6) is 0 Å². The van der Waals surface area contributed by atoms with Crippen LogP contribution >= 0.6 is 0 Å². The van der Waals surface area contributed by atoms with Gasteiger partial charge in [-0.2, -0.15) is 0 Å². The summed E-state index contributed by atoms with van der Waals surface area (Å²) in [5.41, 5.74) is 0. The Morgan fingerprint density at radius 2 is 2.57 bits per heavy atom. The van der Waals surface area contributed by atoms with E-state index in [4.69, 9.17) is 4.42 Å². The molecule has 1 saturated heterocycles. The number of likely N-dealkylation sites (N-methyl/N-ethyl adjacent to an activating group) is 1. The summed E-state index contributed by atoms with van der Waals surface area (Å²) in [5.74, 6) is 1.09. The Morgan fingerprint density at radius 1 is 1.64 bits per heavy atom. The summed E-state index contributed by atoms with van der Waals surface area (Å²) in [6, 6.07) is 4.71. The maximum Gasteiger partial charge on any atom is 0.105 e. The van der Waals surface area contributed by atoms with Gasteiger partial charge in [0.25, 0.3) is 0 Å². The Hall–Kier alpha value is -0.800. The van der Waals surface area contributed by atoms with Crippen LogP contribution in [0.1, 0.15) is 12.2 Å². The molecule has 1 unspecified atom stereocenters. The molecule has 1 atom stereocenters. The molecular formula is C11H18N2O. The van der Waals surface area contributed by atoms with Gasteiger partial charge in [0.15, 0.2) is 0 Å². The lowest BCUT2D eigenvalue weighted by Crippen LogP contribution is -2.34. The summed E-state index contributed by atoms with van der Waals surface area (Å²) in [5, 5.41) is 3.38. The molecule has 2 rings (SSSR count). The lowest BCUT2D eigenvalue weighted by atomic mass is 10.2. The van der Waals surface area contributed by atoms with Gasteiger partial charge in [-0.05, 0) is 32.1 Å². The Labute approximate surface area is 85.1 Å². The van der Waals surface area contributed by atoms with Crippen LogP contribution in [0, 0.1) is 0 Å². The first kappa shape index (κ1) is 9.74. The molecule has 1 N–H and O–H groups in total. The van der Waals surface area contributed by atoms with Crippen LogP contribution in [0.2, 0.25) is 0 Å². The minimum atomic E-state index is 0.713. The molecule has 3 heteroatoms. The zero-order valence-electron chi connectivity index (χ0n) is 8.70. The van der Waals surface area contributed by atoms with Crippen molar-refractivity contribution in [2.75, 3.05) is 26.7 Å². The average Bonchev–Trinajstić information content (AvgIpc) is 2.87. The Morgan fingerprint density at radius 3 is 3.21 bits per heavy atom. The minimum Gasteiger partial charge on any atom is -0.469 e. The Kier molecular flexibility index (Phi) is 3.22. The predicted octanol–water partition coefficient (Wildman–Crippen LogP) is 1.12. The Balaban J connectivity index is 1.74. The third kappa shape index (κ3) is 2.36. The van der Waals surface area contributed by atoms with E-state index in [9.17, 15) is 0 Å². The Bertz CT molecular complexity index is 252. The van der Waals surface area contributed by atoms with Gasteiger partial charge in [-0.1, -0.05) is 0 Å². The van der Waals surface area contributed by atoms with E-state index >= 15 is 0 Å². The molecule has 1 aromatic heterocycles. The van der Waals surface area contributed by atoms with E-state index in [1.165, 1.54) is 6.42 Å². The second kappa shape index (κ2) is 4.62. The van der Waals surface area contributed by atoms with Crippen LogP contribution in [0.3, 0.4) is 0 Å². The highest BCUT2D eigenvalue weighted by Gasteiger charge is 2.18. The molecule has 1 aromatic rings. The van der Waals surface area contributed by atoms with Crippen molar-refractivity contribution in [1.82, 2.24) is 10.2 Å². The third-order valence-electron chi connectivity index (χ3n) is 2.95. The molecule has 2 heterocycles. The lowest BCUT2D eigenvalue weighted by molar-refractivity contribution is 0.254. The van der Waals surface area contributed by atoms with Gasteiger partial charge in [0, 0.05) is 25.6 Å². The number of nitrogens with zero attached hydrogens (tertiary/aromatic N) is 1. The fourth-order valence-corrected chi connectivity index (χ4v) is 1.94. The summed E-state index contributed by atoms with van der Waals surface area (Å²) in [6.07, 6.45) is 4.03. The van der Waals surface area contributed by atoms with E-state index in [0.29, 0.717) is 6.04 Å². The normalized spacial score (nSPS) is 22.0. The molecule has 1 aliphatic rings. The van der Waals surface area contributed by atoms with E-state index in [0.717, 1.165) is 31.8 Å². The second-order valence-electron chi connectivity index (χ2n) is 3.96. The molecular weight excluding hydrogens is 176 g/mol. The van der Waals surface area contributed by atoms with E-state index in [1.54, 1.807) is 6.26 Å². The fourth-order valence-electron chi connectivity index (χ4n) is 1.94. The second-order valence-corrected chi connectivity index (χ2v) is 3.96. The first-order chi connectivity index (χ1) is 6.86. The standard InChI is InChI=1S/C11H18N2O/c1-13(10-4-6-12-9-10)7-5-11-3-2-8-14-11/h2-3,8,10,12H,4-7,9H2,1H3. The first-order valence-electron chi connectivity index (χ1n) is 5.29. The summed E-state index contributed by atoms with van der Waals surface area (Å²) in [4.78, 5) is 2.42. The van der Waals surface area contributed by atoms with Crippen molar-refractivity contribution >= 4 is 0 Å². The zero-order valence-corrected chi connectivity index (χ0v) is 8.70. The van der Waals surface area contributed by atoms with E-state index < -0.39 is 0 Å². The number of furan rings is 1. The van der Waals surface area contributed by atoms with Crippen LogP contribution in [0.25, 0.3) is 0 Å². The summed E-state index contributed by atoms with van der Waals surface area (Å²) in [6.45, 7) is 3.38. The molecule has 14 heavy (non-hydrogen) atoms. The monoisotopic (exact) mass is 194 g/mol. The number of hydrogen-bond acceptors (Lipinski definition) is 3. The SMILES string of the molecule is CN(CCc1ccco1)C1CCNC1. The zero-order chi connectivity index (χ0) is 9.80. The van der Waals surface area contributed by atoms with Gasteiger partial charge in [-0.3, -0.25) is 0 Å². The van der Waals surface area contributed by atoms with Crippen molar-refractivity contribution in [2.45, 2.75) is 18.9 Å². The molecule has 0 aromatic carbocycles. The minimum absolute atomic E-state index is 0.713. The molecule has 0 aliphatic carbocycles. The summed E-state index contributed by atoms with van der Waals surface area (Å²) in [7, 11) is 2.20. The van der Waals surface area contributed by atoms with Gasteiger partial charge >= 0.3 is 0 Å². The summed E-state index contributed by atoms with van der Waals surface area (Å²) >= 11 is 0. The quantitative estimate of drug-likeness (QED) is 0.778. The van der Waals surface area contributed by atoms with Crippen LogP contribution in [0.15, 0.2) is 22.8 Å². The van der Waals surface area contributed by atoms with Crippen molar-refractivity contribution in [1.29, 1.82) is 0 Å². The van der Waals surface area contributed by atoms with E-state index in [-0.39, 0.29) is 0 Å². The van der Waals surface area contributed by atoms with Gasteiger partial charge < -0.3 is 14.6 Å². The van der Waals surface area contributed by atoms with Crippen LogP contribution in [-0.2, 0) is 6.42 Å². The van der Waals surface area contributed by atoms with Gasteiger partial charge in [0.1, 0.15) is 5.76 Å². The lowest BCUT2D eigenvalue weighted by Gasteiger charge is -2.22. The molecule has 0 radical (unpaired) electrons. The van der Waals surface area contributed by atoms with Crippen molar-refractivity contribution in [3.63, 3.8) is 0 Å². The van der Waals surface area contributed by atoms with Gasteiger partial charge in [0.05, 0.1) is 6.26 Å². The molecule has 3 nitrogen and oxygen atoms in total. The third-order valence-corrected chi connectivity index (χ3v) is 2.95. The van der Waals surface area contributed by atoms with Crippen LogP contribution in [-0.4, -0.2) is 37.6 Å². The molecule has 78 valence electrons. The molecule has 0 amide bonds. The summed E-state index contributed by atoms with van der Waals surface area (Å²) < 4.78 is 5.30. The smallest absolute Gasteiger partial charge is 0.105 e. The molecule has 1 aliphatic heterocycles. The number of rotatable bonds is 4. The average molecular weight is 194 g/mol. The van der Waals surface area contributed by atoms with Crippen molar-refractivity contribution in [3.05, 3.63) is 24.2 Å². The highest BCUT2D eigenvalue weighted by atomic mass is 16.3. The first-order valence-corrected chi connectivity index (χ1v) is 5.29. The molecule has 0 bridgehead atoms. The van der Waals surface area contributed by atoms with Crippen LogP contribution in [0.4, 0.5) is 0 Å². The van der Waals surface area contributed by atoms with E-state index in [2.05, 4.69) is 17.3 Å². The topological polar surface area (TPSA) is 28.4 Å². The van der Waals surface area contributed by atoms with Gasteiger partial charge in [-0.25, -0.2) is 0 Å². The highest BCUT2D eigenvalue weighted by Crippen LogP contribution is 2.08. The molecule has 1 fully saturated rings.